The van der Waals surface area contributed by atoms with Crippen molar-refractivity contribution >= 4 is 11.8 Å². The summed E-state index contributed by atoms with van der Waals surface area (Å²) in [4.78, 5) is 23.4. The molecule has 2 amide bonds. The van der Waals surface area contributed by atoms with E-state index in [9.17, 15) is 9.59 Å². The molecular weight excluding hydrogens is 296 g/mol. The van der Waals surface area contributed by atoms with E-state index in [0.29, 0.717) is 18.8 Å². The molecular formula is C17H26N2O4. The molecule has 0 spiro atoms. The van der Waals surface area contributed by atoms with Crippen molar-refractivity contribution in [2.24, 2.45) is 0 Å². The van der Waals surface area contributed by atoms with Gasteiger partial charge in [-0.05, 0) is 44.5 Å². The Morgan fingerprint density at radius 3 is 2.30 bits per heavy atom. The predicted octanol–water partition coefficient (Wildman–Crippen LogP) is 2.58. The van der Waals surface area contributed by atoms with E-state index in [1.165, 1.54) is 0 Å². The van der Waals surface area contributed by atoms with Crippen molar-refractivity contribution in [2.45, 2.75) is 52.6 Å². The van der Waals surface area contributed by atoms with E-state index in [-0.39, 0.29) is 5.91 Å². The molecule has 0 aliphatic carbocycles. The molecule has 0 saturated carbocycles. The van der Waals surface area contributed by atoms with E-state index in [1.807, 2.05) is 6.92 Å². The summed E-state index contributed by atoms with van der Waals surface area (Å²) in [6, 6.07) is 7.02. The highest BCUT2D eigenvalue weighted by atomic mass is 16.5. The fraction of sp³-hybridized carbons (Fsp3) is 0.529. The van der Waals surface area contributed by atoms with Gasteiger partial charge in [-0.15, -0.1) is 0 Å². The van der Waals surface area contributed by atoms with Crippen LogP contribution in [0.15, 0.2) is 24.3 Å². The number of carbonyl (C=O) groups is 2. The highest BCUT2D eigenvalue weighted by Gasteiger charge is 2.15. The first-order valence-electron chi connectivity index (χ1n) is 8.05. The second-order valence-electron chi connectivity index (χ2n) is 5.16. The summed E-state index contributed by atoms with van der Waals surface area (Å²) in [7, 11) is 0. The Kier molecular flexibility index (Phi) is 8.57. The minimum atomic E-state index is -0.719. The molecule has 6 heteroatoms. The molecule has 128 valence electrons. The van der Waals surface area contributed by atoms with Gasteiger partial charge < -0.3 is 9.47 Å². The third kappa shape index (κ3) is 7.54. The second-order valence-corrected chi connectivity index (χ2v) is 5.16. The molecule has 1 atom stereocenters. The van der Waals surface area contributed by atoms with Crippen LogP contribution in [0.25, 0.3) is 0 Å². The van der Waals surface area contributed by atoms with E-state index in [4.69, 9.17) is 9.47 Å². The lowest BCUT2D eigenvalue weighted by Crippen LogP contribution is -2.47. The highest BCUT2D eigenvalue weighted by Crippen LogP contribution is 2.18. The number of hydrogen-bond acceptors (Lipinski definition) is 4. The number of benzene rings is 1. The lowest BCUT2D eigenvalue weighted by atomic mass is 10.2. The Balaban J connectivity index is 2.34. The Morgan fingerprint density at radius 2 is 1.70 bits per heavy atom. The van der Waals surface area contributed by atoms with Crippen LogP contribution >= 0.6 is 0 Å². The maximum atomic E-state index is 11.9. The molecule has 0 aliphatic rings. The minimum Gasteiger partial charge on any atom is -0.494 e. The van der Waals surface area contributed by atoms with Crippen molar-refractivity contribution in [2.75, 3.05) is 6.61 Å². The molecule has 0 heterocycles. The van der Waals surface area contributed by atoms with Crippen molar-refractivity contribution < 1.29 is 19.1 Å². The first kappa shape index (κ1) is 18.8. The molecule has 1 aromatic carbocycles. The van der Waals surface area contributed by atoms with Gasteiger partial charge >= 0.3 is 0 Å². The number of ether oxygens (including phenoxy) is 2. The molecule has 6 nitrogen and oxygen atoms in total. The van der Waals surface area contributed by atoms with Gasteiger partial charge in [0.1, 0.15) is 11.5 Å². The molecule has 2 N–H and O–H groups in total. The lowest BCUT2D eigenvalue weighted by molar-refractivity contribution is -0.132. The van der Waals surface area contributed by atoms with Gasteiger partial charge in [0, 0.05) is 6.42 Å². The van der Waals surface area contributed by atoms with Gasteiger partial charge in [-0.3, -0.25) is 20.4 Å². The van der Waals surface area contributed by atoms with Crippen LogP contribution in [0.5, 0.6) is 11.5 Å². The Hall–Kier alpha value is -2.24. The Bertz CT molecular complexity index is 488. The predicted molar refractivity (Wildman–Crippen MR) is 88.1 cm³/mol. The van der Waals surface area contributed by atoms with Crippen molar-refractivity contribution in [3.05, 3.63) is 24.3 Å². The topological polar surface area (TPSA) is 76.7 Å². The van der Waals surface area contributed by atoms with E-state index in [0.717, 1.165) is 25.0 Å². The molecule has 0 fully saturated rings. The van der Waals surface area contributed by atoms with E-state index in [1.54, 1.807) is 31.2 Å². The third-order valence-electron chi connectivity index (χ3n) is 3.15. The zero-order valence-corrected chi connectivity index (χ0v) is 14.1. The minimum absolute atomic E-state index is 0.194. The summed E-state index contributed by atoms with van der Waals surface area (Å²) in [6.07, 6.45) is 2.55. The number of hydrogen-bond donors (Lipinski definition) is 2. The molecule has 0 aromatic heterocycles. The number of carbonyl (C=O) groups excluding carboxylic acids is 2. The van der Waals surface area contributed by atoms with Crippen LogP contribution in [-0.2, 0) is 9.59 Å². The van der Waals surface area contributed by atoms with Crippen molar-refractivity contribution in [3.63, 3.8) is 0 Å². The highest BCUT2D eigenvalue weighted by molar-refractivity contribution is 5.84. The van der Waals surface area contributed by atoms with Crippen molar-refractivity contribution in [3.8, 4) is 11.5 Å². The fourth-order valence-corrected chi connectivity index (χ4v) is 1.87. The van der Waals surface area contributed by atoms with Gasteiger partial charge in [0.15, 0.2) is 6.10 Å². The van der Waals surface area contributed by atoms with E-state index < -0.39 is 12.0 Å². The van der Waals surface area contributed by atoms with Crippen LogP contribution in [0.4, 0.5) is 0 Å². The van der Waals surface area contributed by atoms with Crippen LogP contribution in [0.1, 0.15) is 46.5 Å². The average molecular weight is 322 g/mol. The largest absolute Gasteiger partial charge is 0.494 e. The quantitative estimate of drug-likeness (QED) is 0.541. The normalized spacial score (nSPS) is 11.4. The monoisotopic (exact) mass is 322 g/mol. The first-order valence-corrected chi connectivity index (χ1v) is 8.05. The molecule has 0 radical (unpaired) electrons. The maximum absolute atomic E-state index is 11.9. The molecule has 1 unspecified atom stereocenters. The average Bonchev–Trinajstić information content (AvgIpc) is 2.55. The van der Waals surface area contributed by atoms with Crippen LogP contribution in [-0.4, -0.2) is 24.5 Å². The molecule has 0 bridgehead atoms. The van der Waals surface area contributed by atoms with Gasteiger partial charge in [0.2, 0.25) is 5.91 Å². The maximum Gasteiger partial charge on any atom is 0.279 e. The summed E-state index contributed by atoms with van der Waals surface area (Å²) in [5.41, 5.74) is 4.77. The van der Waals surface area contributed by atoms with Gasteiger partial charge in [-0.2, -0.15) is 0 Å². The summed E-state index contributed by atoms with van der Waals surface area (Å²) >= 11 is 0. The second kappa shape index (κ2) is 10.5. The number of rotatable bonds is 9. The zero-order chi connectivity index (χ0) is 17.1. The number of unbranched alkanes of at least 4 members (excludes halogenated alkanes) is 2. The van der Waals surface area contributed by atoms with Crippen LogP contribution in [0.2, 0.25) is 0 Å². The Labute approximate surface area is 137 Å². The van der Waals surface area contributed by atoms with E-state index >= 15 is 0 Å². The first-order chi connectivity index (χ1) is 11.1. The molecule has 0 aliphatic heterocycles. The number of hydrazine groups is 1. The molecule has 1 aromatic rings. The summed E-state index contributed by atoms with van der Waals surface area (Å²) in [6.45, 7) is 6.19. The van der Waals surface area contributed by atoms with Gasteiger partial charge in [-0.1, -0.05) is 19.8 Å². The summed E-state index contributed by atoms with van der Waals surface area (Å²) < 4.78 is 10.9. The summed E-state index contributed by atoms with van der Waals surface area (Å²) in [5.74, 6) is 0.712. The van der Waals surface area contributed by atoms with Gasteiger partial charge in [-0.25, -0.2) is 0 Å². The van der Waals surface area contributed by atoms with Crippen molar-refractivity contribution in [1.29, 1.82) is 0 Å². The van der Waals surface area contributed by atoms with Gasteiger partial charge in [0.25, 0.3) is 5.91 Å². The molecule has 23 heavy (non-hydrogen) atoms. The van der Waals surface area contributed by atoms with Crippen LogP contribution in [0.3, 0.4) is 0 Å². The van der Waals surface area contributed by atoms with Gasteiger partial charge in [0.05, 0.1) is 6.61 Å². The summed E-state index contributed by atoms with van der Waals surface area (Å²) in [5, 5.41) is 0. The Morgan fingerprint density at radius 1 is 1.04 bits per heavy atom. The third-order valence-corrected chi connectivity index (χ3v) is 3.15. The molecule has 1 rings (SSSR count). The van der Waals surface area contributed by atoms with Crippen LogP contribution in [0, 0.1) is 0 Å². The zero-order valence-electron chi connectivity index (χ0n) is 14.1. The molecule has 0 saturated heterocycles. The van der Waals surface area contributed by atoms with Crippen molar-refractivity contribution in [1.82, 2.24) is 10.9 Å². The van der Waals surface area contributed by atoms with Crippen LogP contribution < -0.4 is 20.3 Å². The smallest absolute Gasteiger partial charge is 0.279 e. The fourth-order valence-electron chi connectivity index (χ4n) is 1.87. The number of nitrogens with one attached hydrogen (secondary N) is 2. The standard InChI is InChI=1S/C17H26N2O4/c1-4-6-7-8-16(20)18-19-17(21)13(3)23-15-11-9-14(10-12-15)22-5-2/h9-13H,4-8H2,1-3H3,(H,18,20)(H,19,21). The SMILES string of the molecule is CCCCCC(=O)NNC(=O)C(C)Oc1ccc(OCC)cc1. The number of amides is 2. The lowest BCUT2D eigenvalue weighted by Gasteiger charge is -2.15. The van der Waals surface area contributed by atoms with E-state index in [2.05, 4.69) is 17.8 Å².